The molecule has 0 aliphatic carbocycles. The van der Waals surface area contributed by atoms with Crippen LogP contribution in [0.2, 0.25) is 0 Å². The van der Waals surface area contributed by atoms with Gasteiger partial charge in [-0.1, -0.05) is 32.6 Å². The summed E-state index contributed by atoms with van der Waals surface area (Å²) < 4.78 is 0. The van der Waals surface area contributed by atoms with Crippen LogP contribution in [0.3, 0.4) is 0 Å². The van der Waals surface area contributed by atoms with Crippen molar-refractivity contribution in [3.63, 3.8) is 0 Å². The molecule has 0 aromatic heterocycles. The van der Waals surface area contributed by atoms with E-state index in [0.717, 1.165) is 31.7 Å². The fourth-order valence-electron chi connectivity index (χ4n) is 1.79. The number of hydrogen-bond donors (Lipinski definition) is 3. The van der Waals surface area contributed by atoms with Crippen LogP contribution in [-0.2, 0) is 9.63 Å². The maximum atomic E-state index is 11.7. The van der Waals surface area contributed by atoms with Crippen molar-refractivity contribution in [3.8, 4) is 11.5 Å². The molecule has 6 heteroatoms. The highest BCUT2D eigenvalue weighted by Gasteiger charge is 2.14. The van der Waals surface area contributed by atoms with E-state index in [1.807, 2.05) is 5.48 Å². The first kappa shape index (κ1) is 16.8. The summed E-state index contributed by atoms with van der Waals surface area (Å²) in [6, 6.07) is 3.51. The van der Waals surface area contributed by atoms with Crippen LogP contribution in [0, 0.1) is 0 Å². The van der Waals surface area contributed by atoms with Crippen LogP contribution in [-0.4, -0.2) is 22.1 Å². The smallest absolute Gasteiger partial charge is 0.332 e. The van der Waals surface area contributed by atoms with Crippen LogP contribution in [0.1, 0.15) is 55.8 Å². The van der Waals surface area contributed by atoms with Crippen molar-refractivity contribution in [2.75, 3.05) is 0 Å². The van der Waals surface area contributed by atoms with Gasteiger partial charge in [0, 0.05) is 6.42 Å². The summed E-state index contributed by atoms with van der Waals surface area (Å²) in [6.45, 7) is 2.11. The molecule has 0 fully saturated rings. The van der Waals surface area contributed by atoms with Crippen LogP contribution in [0.5, 0.6) is 11.5 Å². The molecule has 1 aromatic carbocycles. The molecule has 0 heterocycles. The van der Waals surface area contributed by atoms with Gasteiger partial charge in [-0.15, -0.1) is 0 Å². The Morgan fingerprint density at radius 2 is 1.86 bits per heavy atom. The largest absolute Gasteiger partial charge is 0.508 e. The van der Waals surface area contributed by atoms with Crippen LogP contribution >= 0.6 is 0 Å². The van der Waals surface area contributed by atoms with Gasteiger partial charge in [0.05, 0.1) is 5.56 Å². The highest BCUT2D eigenvalue weighted by molar-refractivity contribution is 5.97. The van der Waals surface area contributed by atoms with Gasteiger partial charge >= 0.3 is 5.97 Å². The second-order valence-corrected chi connectivity index (χ2v) is 4.77. The number of amides is 1. The van der Waals surface area contributed by atoms with Gasteiger partial charge in [0.15, 0.2) is 0 Å². The van der Waals surface area contributed by atoms with Gasteiger partial charge in [-0.05, 0) is 24.6 Å². The molecule has 0 saturated heterocycles. The minimum absolute atomic E-state index is 0.161. The molecule has 0 bridgehead atoms. The minimum Gasteiger partial charge on any atom is -0.508 e. The molecule has 0 aliphatic rings. The number of carbonyl (C=O) groups excluding carboxylic acids is 2. The molecular formula is C15H21NO5. The molecular weight excluding hydrogens is 274 g/mol. The third-order valence-electron chi connectivity index (χ3n) is 2.97. The van der Waals surface area contributed by atoms with E-state index in [0.29, 0.717) is 6.42 Å². The summed E-state index contributed by atoms with van der Waals surface area (Å²) in [7, 11) is 0. The van der Waals surface area contributed by atoms with Crippen LogP contribution in [0.25, 0.3) is 0 Å². The van der Waals surface area contributed by atoms with Crippen molar-refractivity contribution < 1.29 is 24.6 Å². The first-order chi connectivity index (χ1) is 10.0. The van der Waals surface area contributed by atoms with Crippen molar-refractivity contribution in [1.29, 1.82) is 0 Å². The van der Waals surface area contributed by atoms with Crippen LogP contribution in [0.15, 0.2) is 18.2 Å². The maximum Gasteiger partial charge on any atom is 0.332 e. The Kier molecular flexibility index (Phi) is 7.08. The Labute approximate surface area is 123 Å². The molecule has 0 radical (unpaired) electrons. The molecule has 21 heavy (non-hydrogen) atoms. The number of benzene rings is 1. The molecule has 1 aromatic rings. The highest BCUT2D eigenvalue weighted by Crippen LogP contribution is 2.21. The van der Waals surface area contributed by atoms with Gasteiger partial charge in [0.25, 0.3) is 5.91 Å². The summed E-state index contributed by atoms with van der Waals surface area (Å²) >= 11 is 0. The predicted molar refractivity (Wildman–Crippen MR) is 76.7 cm³/mol. The van der Waals surface area contributed by atoms with E-state index in [1.165, 1.54) is 12.1 Å². The average molecular weight is 295 g/mol. The quantitative estimate of drug-likeness (QED) is 0.408. The number of carbonyl (C=O) groups is 2. The van der Waals surface area contributed by atoms with Gasteiger partial charge in [-0.2, -0.15) is 5.48 Å². The Hall–Kier alpha value is -2.24. The SMILES string of the molecule is CCCCCCCC(=O)ONC(=O)c1cc(O)ccc1O. The van der Waals surface area contributed by atoms with Crippen molar-refractivity contribution in [2.45, 2.75) is 45.4 Å². The van der Waals surface area contributed by atoms with E-state index in [2.05, 4.69) is 11.8 Å². The lowest BCUT2D eigenvalue weighted by molar-refractivity contribution is -0.149. The molecule has 6 nitrogen and oxygen atoms in total. The molecule has 0 spiro atoms. The summed E-state index contributed by atoms with van der Waals surface area (Å²) in [6.07, 6.45) is 5.25. The monoisotopic (exact) mass is 295 g/mol. The second-order valence-electron chi connectivity index (χ2n) is 4.77. The molecule has 0 unspecified atom stereocenters. The Morgan fingerprint density at radius 1 is 1.14 bits per heavy atom. The van der Waals surface area contributed by atoms with Crippen molar-refractivity contribution in [2.24, 2.45) is 0 Å². The zero-order chi connectivity index (χ0) is 15.7. The number of aromatic hydroxyl groups is 2. The van der Waals surface area contributed by atoms with Crippen molar-refractivity contribution >= 4 is 11.9 Å². The third kappa shape index (κ3) is 6.16. The summed E-state index contributed by atoms with van der Waals surface area (Å²) in [5, 5.41) is 18.7. The zero-order valence-corrected chi connectivity index (χ0v) is 12.1. The lowest BCUT2D eigenvalue weighted by atomic mass is 10.1. The molecule has 1 rings (SSSR count). The second kappa shape index (κ2) is 8.84. The number of hydroxylamine groups is 1. The van der Waals surface area contributed by atoms with Gasteiger partial charge in [0.1, 0.15) is 11.5 Å². The first-order valence-corrected chi connectivity index (χ1v) is 7.06. The van der Waals surface area contributed by atoms with Gasteiger partial charge in [-0.25, -0.2) is 4.79 Å². The van der Waals surface area contributed by atoms with Crippen LogP contribution < -0.4 is 5.48 Å². The highest BCUT2D eigenvalue weighted by atomic mass is 16.7. The Bertz CT molecular complexity index is 487. The van der Waals surface area contributed by atoms with E-state index >= 15 is 0 Å². The van der Waals surface area contributed by atoms with E-state index in [-0.39, 0.29) is 23.5 Å². The van der Waals surface area contributed by atoms with E-state index in [1.54, 1.807) is 0 Å². The van der Waals surface area contributed by atoms with E-state index in [9.17, 15) is 19.8 Å². The van der Waals surface area contributed by atoms with Gasteiger partial charge in [0.2, 0.25) is 0 Å². The molecule has 0 atom stereocenters. The topological polar surface area (TPSA) is 95.9 Å². The average Bonchev–Trinajstić information content (AvgIpc) is 2.47. The number of unbranched alkanes of at least 4 members (excludes halogenated alkanes) is 4. The fourth-order valence-corrected chi connectivity index (χ4v) is 1.79. The third-order valence-corrected chi connectivity index (χ3v) is 2.97. The Morgan fingerprint density at radius 3 is 2.57 bits per heavy atom. The fraction of sp³-hybridized carbons (Fsp3) is 0.467. The summed E-state index contributed by atoms with van der Waals surface area (Å²) in [4.78, 5) is 27.7. The lowest BCUT2D eigenvalue weighted by Gasteiger charge is -2.07. The normalized spacial score (nSPS) is 10.1. The van der Waals surface area contributed by atoms with E-state index in [4.69, 9.17) is 0 Å². The Balaban J connectivity index is 2.32. The number of nitrogens with one attached hydrogen (secondary N) is 1. The summed E-state index contributed by atoms with van der Waals surface area (Å²) in [5.74, 6) is -1.79. The molecule has 116 valence electrons. The molecule has 0 aliphatic heterocycles. The number of rotatable bonds is 7. The number of hydrogen-bond acceptors (Lipinski definition) is 5. The lowest BCUT2D eigenvalue weighted by Crippen LogP contribution is -2.27. The first-order valence-electron chi connectivity index (χ1n) is 7.06. The standard InChI is InChI=1S/C15H21NO5/c1-2-3-4-5-6-7-14(19)21-16-15(20)12-10-11(17)8-9-13(12)18/h8-10,17-18H,2-7H2,1H3,(H,16,20). The minimum atomic E-state index is -0.789. The van der Waals surface area contributed by atoms with Crippen molar-refractivity contribution in [1.82, 2.24) is 5.48 Å². The van der Waals surface area contributed by atoms with E-state index < -0.39 is 11.9 Å². The number of phenolic OH excluding ortho intramolecular Hbond substituents is 2. The maximum absolute atomic E-state index is 11.7. The molecule has 3 N–H and O–H groups in total. The molecule has 0 saturated carbocycles. The van der Waals surface area contributed by atoms with Crippen LogP contribution in [0.4, 0.5) is 0 Å². The predicted octanol–water partition coefficient (Wildman–Crippen LogP) is 2.65. The van der Waals surface area contributed by atoms with Gasteiger partial charge in [-0.3, -0.25) is 4.79 Å². The van der Waals surface area contributed by atoms with Gasteiger partial charge < -0.3 is 15.1 Å². The molecule has 1 amide bonds. The summed E-state index contributed by atoms with van der Waals surface area (Å²) in [5.41, 5.74) is 1.80. The number of phenols is 2. The zero-order valence-electron chi connectivity index (χ0n) is 12.1. The van der Waals surface area contributed by atoms with Crippen molar-refractivity contribution in [3.05, 3.63) is 23.8 Å².